The lowest BCUT2D eigenvalue weighted by Crippen LogP contribution is -2.04. The number of esters is 1. The van der Waals surface area contributed by atoms with E-state index in [4.69, 9.17) is 0 Å². The highest BCUT2D eigenvalue weighted by atomic mass is 19.1. The molecule has 0 bridgehead atoms. The first-order valence-electron chi connectivity index (χ1n) is 5.65. The maximum atomic E-state index is 13.6. The summed E-state index contributed by atoms with van der Waals surface area (Å²) in [5, 5.41) is 0. The van der Waals surface area contributed by atoms with Crippen molar-refractivity contribution in [3.8, 4) is 11.8 Å². The molecule has 0 aliphatic rings. The van der Waals surface area contributed by atoms with Gasteiger partial charge in [0.25, 0.3) is 0 Å². The van der Waals surface area contributed by atoms with Crippen molar-refractivity contribution in [3.05, 3.63) is 71.0 Å². The fourth-order valence-electron chi connectivity index (χ4n) is 1.53. The van der Waals surface area contributed by atoms with E-state index < -0.39 is 11.8 Å². The van der Waals surface area contributed by atoms with Crippen LogP contribution in [-0.4, -0.2) is 13.1 Å². The summed E-state index contributed by atoms with van der Waals surface area (Å²) in [6.45, 7) is 0. The first kappa shape index (κ1) is 12.8. The zero-order chi connectivity index (χ0) is 13.7. The Bertz CT molecular complexity index is 651. The third-order valence-electron chi connectivity index (χ3n) is 2.50. The molecule has 0 heterocycles. The number of halogens is 1. The maximum absolute atomic E-state index is 13.6. The van der Waals surface area contributed by atoms with Crippen molar-refractivity contribution in [1.29, 1.82) is 0 Å². The maximum Gasteiger partial charge on any atom is 0.340 e. The van der Waals surface area contributed by atoms with Gasteiger partial charge in [-0.05, 0) is 30.3 Å². The van der Waals surface area contributed by atoms with Crippen LogP contribution in [0.4, 0.5) is 4.39 Å². The molecular weight excluding hydrogens is 243 g/mol. The van der Waals surface area contributed by atoms with Gasteiger partial charge >= 0.3 is 5.97 Å². The van der Waals surface area contributed by atoms with Gasteiger partial charge in [-0.3, -0.25) is 0 Å². The first-order chi connectivity index (χ1) is 9.20. The van der Waals surface area contributed by atoms with Crippen LogP contribution in [0.3, 0.4) is 0 Å². The number of hydrogen-bond donors (Lipinski definition) is 0. The molecule has 94 valence electrons. The quantitative estimate of drug-likeness (QED) is 0.577. The molecule has 0 radical (unpaired) electrons. The molecule has 0 N–H and O–H groups in total. The minimum Gasteiger partial charge on any atom is -0.465 e. The Morgan fingerprint density at radius 2 is 1.74 bits per heavy atom. The SMILES string of the molecule is COC(=O)c1ccc(C#Cc2ccccc2)cc1F. The van der Waals surface area contributed by atoms with Crippen LogP contribution in [0.25, 0.3) is 0 Å². The van der Waals surface area contributed by atoms with Gasteiger partial charge in [0.05, 0.1) is 12.7 Å². The normalized spacial score (nSPS) is 9.37. The molecular formula is C16H11FO2. The van der Waals surface area contributed by atoms with E-state index in [1.54, 1.807) is 6.07 Å². The van der Waals surface area contributed by atoms with E-state index in [0.29, 0.717) is 5.56 Å². The predicted octanol–water partition coefficient (Wildman–Crippen LogP) is 3.01. The highest BCUT2D eigenvalue weighted by Gasteiger charge is 2.11. The van der Waals surface area contributed by atoms with Crippen molar-refractivity contribution in [2.75, 3.05) is 7.11 Å². The van der Waals surface area contributed by atoms with Crippen LogP contribution in [0.2, 0.25) is 0 Å². The van der Waals surface area contributed by atoms with E-state index in [9.17, 15) is 9.18 Å². The van der Waals surface area contributed by atoms with Gasteiger partial charge in [0.2, 0.25) is 0 Å². The fraction of sp³-hybridized carbons (Fsp3) is 0.0625. The van der Waals surface area contributed by atoms with Crippen LogP contribution in [0.5, 0.6) is 0 Å². The van der Waals surface area contributed by atoms with E-state index in [1.807, 2.05) is 30.3 Å². The van der Waals surface area contributed by atoms with Gasteiger partial charge in [-0.2, -0.15) is 0 Å². The summed E-state index contributed by atoms with van der Waals surface area (Å²) in [6.07, 6.45) is 0. The number of ether oxygens (including phenoxy) is 1. The molecule has 0 aliphatic carbocycles. The molecule has 0 saturated carbocycles. The van der Waals surface area contributed by atoms with Crippen molar-refractivity contribution < 1.29 is 13.9 Å². The summed E-state index contributed by atoms with van der Waals surface area (Å²) in [4.78, 5) is 11.2. The molecule has 3 heteroatoms. The Kier molecular flexibility index (Phi) is 3.94. The first-order valence-corrected chi connectivity index (χ1v) is 5.65. The Hall–Kier alpha value is -2.60. The third kappa shape index (κ3) is 3.20. The molecule has 0 spiro atoms. The van der Waals surface area contributed by atoms with E-state index in [1.165, 1.54) is 19.2 Å². The third-order valence-corrected chi connectivity index (χ3v) is 2.50. The lowest BCUT2D eigenvalue weighted by molar-refractivity contribution is 0.0595. The topological polar surface area (TPSA) is 26.3 Å². The second-order valence-electron chi connectivity index (χ2n) is 3.80. The minimum absolute atomic E-state index is 0.0900. The minimum atomic E-state index is -0.694. The average molecular weight is 254 g/mol. The molecule has 19 heavy (non-hydrogen) atoms. The van der Waals surface area contributed by atoms with E-state index >= 15 is 0 Å². The molecule has 0 aliphatic heterocycles. The van der Waals surface area contributed by atoms with Crippen molar-refractivity contribution in [2.45, 2.75) is 0 Å². The van der Waals surface area contributed by atoms with Gasteiger partial charge in [-0.25, -0.2) is 9.18 Å². The van der Waals surface area contributed by atoms with Crippen molar-refractivity contribution in [1.82, 2.24) is 0 Å². The Morgan fingerprint density at radius 1 is 1.05 bits per heavy atom. The number of methoxy groups -OCH3 is 1. The van der Waals surface area contributed by atoms with Gasteiger partial charge in [-0.1, -0.05) is 30.0 Å². The molecule has 2 aromatic rings. The van der Waals surface area contributed by atoms with Crippen molar-refractivity contribution >= 4 is 5.97 Å². The summed E-state index contributed by atoms with van der Waals surface area (Å²) >= 11 is 0. The predicted molar refractivity (Wildman–Crippen MR) is 70.2 cm³/mol. The molecule has 2 rings (SSSR count). The zero-order valence-corrected chi connectivity index (χ0v) is 10.3. The average Bonchev–Trinajstić information content (AvgIpc) is 2.45. The number of benzene rings is 2. The fourth-order valence-corrected chi connectivity index (χ4v) is 1.53. The molecule has 0 saturated heterocycles. The molecule has 2 nitrogen and oxygen atoms in total. The Morgan fingerprint density at radius 3 is 2.37 bits per heavy atom. The molecule has 0 amide bonds. The van der Waals surface area contributed by atoms with Crippen LogP contribution in [0.15, 0.2) is 48.5 Å². The van der Waals surface area contributed by atoms with Crippen molar-refractivity contribution in [2.24, 2.45) is 0 Å². The van der Waals surface area contributed by atoms with E-state index in [2.05, 4.69) is 16.6 Å². The van der Waals surface area contributed by atoms with E-state index in [0.717, 1.165) is 5.56 Å². The highest BCUT2D eigenvalue weighted by Crippen LogP contribution is 2.11. The van der Waals surface area contributed by atoms with Crippen LogP contribution in [-0.2, 0) is 4.74 Å². The smallest absolute Gasteiger partial charge is 0.340 e. The van der Waals surface area contributed by atoms with Gasteiger partial charge in [0.15, 0.2) is 0 Å². The molecule has 0 unspecified atom stereocenters. The summed E-state index contributed by atoms with van der Waals surface area (Å²) in [5.74, 6) is 4.43. The second-order valence-corrected chi connectivity index (χ2v) is 3.80. The Balaban J connectivity index is 2.27. The van der Waals surface area contributed by atoms with Gasteiger partial charge < -0.3 is 4.74 Å². The van der Waals surface area contributed by atoms with Gasteiger partial charge in [-0.15, -0.1) is 0 Å². The monoisotopic (exact) mass is 254 g/mol. The summed E-state index contributed by atoms with van der Waals surface area (Å²) < 4.78 is 18.1. The van der Waals surface area contributed by atoms with Crippen molar-refractivity contribution in [3.63, 3.8) is 0 Å². The van der Waals surface area contributed by atoms with Crippen LogP contribution in [0, 0.1) is 17.7 Å². The number of carbonyl (C=O) groups excluding carboxylic acids is 1. The number of rotatable bonds is 1. The lowest BCUT2D eigenvalue weighted by atomic mass is 10.1. The summed E-state index contributed by atoms with van der Waals surface area (Å²) in [6, 6.07) is 13.6. The highest BCUT2D eigenvalue weighted by molar-refractivity contribution is 5.89. The Labute approximate surface area is 110 Å². The van der Waals surface area contributed by atoms with E-state index in [-0.39, 0.29) is 5.56 Å². The molecule has 0 fully saturated rings. The standard InChI is InChI=1S/C16H11FO2/c1-19-16(18)14-10-9-13(11-15(14)17)8-7-12-5-3-2-4-6-12/h2-6,9-11H,1H3. The van der Waals surface area contributed by atoms with Crippen LogP contribution < -0.4 is 0 Å². The molecule has 2 aromatic carbocycles. The second kappa shape index (κ2) is 5.83. The van der Waals surface area contributed by atoms with Crippen LogP contribution >= 0.6 is 0 Å². The van der Waals surface area contributed by atoms with Gasteiger partial charge in [0.1, 0.15) is 5.82 Å². The van der Waals surface area contributed by atoms with Crippen LogP contribution in [0.1, 0.15) is 21.5 Å². The summed E-state index contributed by atoms with van der Waals surface area (Å²) in [7, 11) is 1.21. The molecule has 0 atom stereocenters. The summed E-state index contributed by atoms with van der Waals surface area (Å²) in [5.41, 5.74) is 1.27. The number of hydrogen-bond acceptors (Lipinski definition) is 2. The number of carbonyl (C=O) groups is 1. The molecule has 0 aromatic heterocycles. The van der Waals surface area contributed by atoms with Gasteiger partial charge in [0, 0.05) is 11.1 Å². The lowest BCUT2D eigenvalue weighted by Gasteiger charge is -2.00. The largest absolute Gasteiger partial charge is 0.465 e. The zero-order valence-electron chi connectivity index (χ0n) is 10.3.